The number of nitrogens with zero attached hydrogens (tertiary/aromatic N) is 3. The summed E-state index contributed by atoms with van der Waals surface area (Å²) < 4.78 is 13.0. The van der Waals surface area contributed by atoms with Gasteiger partial charge in [-0.05, 0) is 18.2 Å². The number of fused-ring (bicyclic) bond motifs is 1. The number of nitriles is 1. The molecule has 0 saturated heterocycles. The van der Waals surface area contributed by atoms with Gasteiger partial charge in [-0.1, -0.05) is 30.3 Å². The Labute approximate surface area is 161 Å². The zero-order valence-electron chi connectivity index (χ0n) is 15.0. The van der Waals surface area contributed by atoms with Gasteiger partial charge in [0.25, 0.3) is 0 Å². The highest BCUT2D eigenvalue weighted by Gasteiger charge is 2.20. The van der Waals surface area contributed by atoms with Gasteiger partial charge in [0, 0.05) is 16.5 Å². The van der Waals surface area contributed by atoms with Crippen molar-refractivity contribution in [1.29, 1.82) is 5.26 Å². The summed E-state index contributed by atoms with van der Waals surface area (Å²) in [4.78, 5) is 5.65. The van der Waals surface area contributed by atoms with Crippen molar-refractivity contribution in [2.45, 2.75) is 6.42 Å². The first-order valence-electron chi connectivity index (χ1n) is 8.40. The van der Waals surface area contributed by atoms with Gasteiger partial charge in [-0.2, -0.15) is 5.26 Å². The summed E-state index contributed by atoms with van der Waals surface area (Å²) in [5.41, 5.74) is 4.55. The van der Waals surface area contributed by atoms with E-state index < -0.39 is 0 Å². The second-order valence-electron chi connectivity index (χ2n) is 5.91. The van der Waals surface area contributed by atoms with Gasteiger partial charge in [-0.25, -0.2) is 4.98 Å². The summed E-state index contributed by atoms with van der Waals surface area (Å²) in [6.45, 7) is 0. The van der Waals surface area contributed by atoms with Crippen molar-refractivity contribution < 1.29 is 9.47 Å². The average molecular weight is 375 g/mol. The second-order valence-corrected chi connectivity index (χ2v) is 6.75. The standard InChI is InChI=1S/C21H17N3O2S/c1-25-15-8-9-19(26-2)16(12-15)18-13-27-21-23-20(14-6-4-3-5-7-14)17(10-11-22)24(18)21/h3-9,12-13H,10H2,1-2H3. The van der Waals surface area contributed by atoms with Gasteiger partial charge >= 0.3 is 0 Å². The van der Waals surface area contributed by atoms with Crippen LogP contribution in [0.5, 0.6) is 11.5 Å². The van der Waals surface area contributed by atoms with Crippen LogP contribution in [0.3, 0.4) is 0 Å². The summed E-state index contributed by atoms with van der Waals surface area (Å²) in [6.07, 6.45) is 0.265. The Morgan fingerprint density at radius 2 is 1.93 bits per heavy atom. The molecule has 27 heavy (non-hydrogen) atoms. The lowest BCUT2D eigenvalue weighted by Crippen LogP contribution is -1.97. The van der Waals surface area contributed by atoms with Gasteiger partial charge in [-0.3, -0.25) is 4.40 Å². The van der Waals surface area contributed by atoms with Gasteiger partial charge in [-0.15, -0.1) is 11.3 Å². The summed E-state index contributed by atoms with van der Waals surface area (Å²) >= 11 is 1.54. The Morgan fingerprint density at radius 1 is 1.11 bits per heavy atom. The molecule has 0 fully saturated rings. The predicted octanol–water partition coefficient (Wildman–Crippen LogP) is 4.81. The van der Waals surface area contributed by atoms with E-state index in [4.69, 9.17) is 14.5 Å². The van der Waals surface area contributed by atoms with Crippen LogP contribution in [0.15, 0.2) is 53.9 Å². The van der Waals surface area contributed by atoms with Crippen LogP contribution in [0, 0.1) is 11.3 Å². The highest BCUT2D eigenvalue weighted by Crippen LogP contribution is 2.38. The Balaban J connectivity index is 1.99. The van der Waals surface area contributed by atoms with E-state index in [2.05, 4.69) is 6.07 Å². The zero-order chi connectivity index (χ0) is 18.8. The SMILES string of the molecule is COc1ccc(OC)c(-c2csc3nc(-c4ccccc4)c(CC#N)n23)c1. The van der Waals surface area contributed by atoms with Gasteiger partial charge < -0.3 is 9.47 Å². The van der Waals surface area contributed by atoms with Gasteiger partial charge in [0.15, 0.2) is 4.96 Å². The van der Waals surface area contributed by atoms with Crippen molar-refractivity contribution in [3.8, 4) is 40.1 Å². The normalized spacial score (nSPS) is 10.7. The molecule has 0 atom stereocenters. The number of hydrogen-bond acceptors (Lipinski definition) is 5. The third-order valence-electron chi connectivity index (χ3n) is 4.44. The first kappa shape index (κ1) is 17.1. The van der Waals surface area contributed by atoms with E-state index in [1.807, 2.05) is 58.3 Å². The molecule has 0 aliphatic rings. The Kier molecular flexibility index (Phi) is 4.53. The molecule has 4 rings (SSSR count). The minimum Gasteiger partial charge on any atom is -0.497 e. The lowest BCUT2D eigenvalue weighted by molar-refractivity contribution is 0.404. The first-order valence-corrected chi connectivity index (χ1v) is 9.28. The van der Waals surface area contributed by atoms with Crippen molar-refractivity contribution in [3.05, 3.63) is 59.6 Å². The molecule has 0 bridgehead atoms. The molecular weight excluding hydrogens is 358 g/mol. The number of hydrogen-bond donors (Lipinski definition) is 0. The minimum atomic E-state index is 0.265. The van der Waals surface area contributed by atoms with Crippen molar-refractivity contribution >= 4 is 16.3 Å². The van der Waals surface area contributed by atoms with Crippen molar-refractivity contribution in [1.82, 2.24) is 9.38 Å². The Bertz CT molecular complexity index is 1140. The first-order chi connectivity index (χ1) is 13.3. The molecule has 0 amide bonds. The highest BCUT2D eigenvalue weighted by atomic mass is 32.1. The van der Waals surface area contributed by atoms with E-state index in [0.29, 0.717) is 0 Å². The smallest absolute Gasteiger partial charge is 0.195 e. The van der Waals surface area contributed by atoms with Crippen LogP contribution in [-0.4, -0.2) is 23.6 Å². The monoisotopic (exact) mass is 375 g/mol. The fourth-order valence-corrected chi connectivity index (χ4v) is 4.09. The molecule has 5 nitrogen and oxygen atoms in total. The molecule has 2 heterocycles. The lowest BCUT2D eigenvalue weighted by atomic mass is 10.1. The Hall–Kier alpha value is -3.30. The molecule has 6 heteroatoms. The van der Waals surface area contributed by atoms with Gasteiger partial charge in [0.05, 0.1) is 43.8 Å². The number of aromatic nitrogens is 2. The highest BCUT2D eigenvalue weighted by molar-refractivity contribution is 7.15. The molecule has 0 N–H and O–H groups in total. The van der Waals surface area contributed by atoms with E-state index in [-0.39, 0.29) is 6.42 Å². The van der Waals surface area contributed by atoms with Crippen molar-refractivity contribution in [2.75, 3.05) is 14.2 Å². The number of imidazole rings is 1. The maximum atomic E-state index is 9.42. The molecule has 0 saturated carbocycles. The van der Waals surface area contributed by atoms with E-state index in [1.54, 1.807) is 25.6 Å². The summed E-state index contributed by atoms with van der Waals surface area (Å²) in [5, 5.41) is 11.5. The summed E-state index contributed by atoms with van der Waals surface area (Å²) in [6, 6.07) is 17.9. The molecule has 134 valence electrons. The second kappa shape index (κ2) is 7.14. The zero-order valence-corrected chi connectivity index (χ0v) is 15.8. The molecule has 2 aromatic heterocycles. The molecule has 0 aliphatic carbocycles. The van der Waals surface area contributed by atoms with E-state index >= 15 is 0 Å². The summed E-state index contributed by atoms with van der Waals surface area (Å²) in [7, 11) is 3.29. The number of rotatable bonds is 5. The van der Waals surface area contributed by atoms with Crippen molar-refractivity contribution in [3.63, 3.8) is 0 Å². The van der Waals surface area contributed by atoms with E-state index in [9.17, 15) is 5.26 Å². The maximum absolute atomic E-state index is 9.42. The average Bonchev–Trinajstić information content (AvgIpc) is 3.28. The third kappa shape index (κ3) is 2.92. The molecule has 4 aromatic rings. The van der Waals surface area contributed by atoms with Crippen molar-refractivity contribution in [2.24, 2.45) is 0 Å². The molecule has 0 spiro atoms. The van der Waals surface area contributed by atoms with E-state index in [1.165, 1.54) is 0 Å². The number of benzene rings is 2. The van der Waals surface area contributed by atoms with Crippen LogP contribution in [0.1, 0.15) is 5.69 Å². The third-order valence-corrected chi connectivity index (χ3v) is 5.26. The van der Waals surface area contributed by atoms with Crippen LogP contribution in [0.25, 0.3) is 27.5 Å². The fourth-order valence-electron chi connectivity index (χ4n) is 3.18. The molecule has 2 aromatic carbocycles. The quantitative estimate of drug-likeness (QED) is 0.502. The number of thiazole rings is 1. The fraction of sp³-hybridized carbons (Fsp3) is 0.143. The van der Waals surface area contributed by atoms with Crippen LogP contribution in [0.2, 0.25) is 0 Å². The van der Waals surface area contributed by atoms with Gasteiger partial charge in [0.1, 0.15) is 11.5 Å². The largest absolute Gasteiger partial charge is 0.497 e. The summed E-state index contributed by atoms with van der Waals surface area (Å²) in [5.74, 6) is 1.49. The lowest BCUT2D eigenvalue weighted by Gasteiger charge is -2.11. The van der Waals surface area contributed by atoms with Crippen LogP contribution in [0.4, 0.5) is 0 Å². The topological polar surface area (TPSA) is 59.5 Å². The van der Waals surface area contributed by atoms with Crippen LogP contribution >= 0.6 is 11.3 Å². The van der Waals surface area contributed by atoms with E-state index in [0.717, 1.165) is 44.7 Å². The minimum absolute atomic E-state index is 0.265. The molecular formula is C21H17N3O2S. The predicted molar refractivity (Wildman–Crippen MR) is 106 cm³/mol. The number of methoxy groups -OCH3 is 2. The Morgan fingerprint density at radius 3 is 2.63 bits per heavy atom. The van der Waals surface area contributed by atoms with Gasteiger partial charge in [0.2, 0.25) is 0 Å². The van der Waals surface area contributed by atoms with Crippen LogP contribution in [-0.2, 0) is 6.42 Å². The molecule has 0 radical (unpaired) electrons. The maximum Gasteiger partial charge on any atom is 0.195 e. The molecule has 0 aliphatic heterocycles. The molecule has 0 unspecified atom stereocenters. The number of ether oxygens (including phenoxy) is 2. The van der Waals surface area contributed by atoms with Crippen LogP contribution < -0.4 is 9.47 Å².